The third-order valence-corrected chi connectivity index (χ3v) is 3.13. The lowest BCUT2D eigenvalue weighted by Gasteiger charge is -2.39. The third kappa shape index (κ3) is 1.03. The Hall–Kier alpha value is -0.570. The van der Waals surface area contributed by atoms with Gasteiger partial charge in [-0.3, -0.25) is 4.79 Å². The maximum absolute atomic E-state index is 11.1. The van der Waals surface area contributed by atoms with E-state index in [-0.39, 0.29) is 5.91 Å². The third-order valence-electron chi connectivity index (χ3n) is 3.13. The summed E-state index contributed by atoms with van der Waals surface area (Å²) < 4.78 is 0.992. The molecule has 3 heteroatoms. The van der Waals surface area contributed by atoms with E-state index in [1.165, 1.54) is 19.4 Å². The Bertz CT molecular complexity index is 193. The molecule has 0 aromatic carbocycles. The highest BCUT2D eigenvalue weighted by molar-refractivity contribution is 5.77. The molecule has 2 atom stereocenters. The molecule has 2 heterocycles. The highest BCUT2D eigenvalue weighted by Crippen LogP contribution is 2.25. The van der Waals surface area contributed by atoms with Gasteiger partial charge in [0.25, 0.3) is 5.91 Å². The zero-order valence-electron chi connectivity index (χ0n) is 6.97. The molecule has 2 rings (SSSR count). The van der Waals surface area contributed by atoms with Crippen LogP contribution in [0.1, 0.15) is 12.8 Å². The van der Waals surface area contributed by atoms with Crippen LogP contribution in [0.15, 0.2) is 0 Å². The van der Waals surface area contributed by atoms with E-state index in [1.54, 1.807) is 0 Å². The summed E-state index contributed by atoms with van der Waals surface area (Å²) >= 11 is 0. The average Bonchev–Trinajstić information content (AvgIpc) is 2.28. The minimum Gasteiger partial charge on any atom is -0.345 e. The van der Waals surface area contributed by atoms with E-state index in [9.17, 15) is 4.79 Å². The Labute approximate surface area is 67.0 Å². The second-order valence-electron chi connectivity index (χ2n) is 3.96. The molecule has 11 heavy (non-hydrogen) atoms. The predicted molar refractivity (Wildman–Crippen MR) is 42.0 cm³/mol. The number of hydrogen-bond donors (Lipinski definition) is 1. The fourth-order valence-corrected chi connectivity index (χ4v) is 2.33. The number of likely N-dealkylation sites (N-methyl/N-ethyl adjacent to an activating group) is 1. The van der Waals surface area contributed by atoms with Crippen LogP contribution in [0.5, 0.6) is 0 Å². The van der Waals surface area contributed by atoms with Crippen molar-refractivity contribution in [2.45, 2.75) is 18.9 Å². The Morgan fingerprint density at radius 1 is 1.64 bits per heavy atom. The molecule has 0 unspecified atom stereocenters. The van der Waals surface area contributed by atoms with E-state index in [0.29, 0.717) is 12.6 Å². The Morgan fingerprint density at radius 2 is 2.45 bits per heavy atom. The van der Waals surface area contributed by atoms with Crippen molar-refractivity contribution in [3.05, 3.63) is 0 Å². The number of quaternary nitrogens is 1. The minimum atomic E-state index is 0.227. The van der Waals surface area contributed by atoms with Gasteiger partial charge in [0.15, 0.2) is 6.54 Å². The zero-order valence-corrected chi connectivity index (χ0v) is 6.97. The van der Waals surface area contributed by atoms with E-state index in [4.69, 9.17) is 0 Å². The number of carbonyl (C=O) groups excluding carboxylic acids is 1. The summed E-state index contributed by atoms with van der Waals surface area (Å²) in [6.07, 6.45) is 2.58. The maximum atomic E-state index is 11.1. The first-order valence-corrected chi connectivity index (χ1v) is 4.32. The first-order valence-electron chi connectivity index (χ1n) is 4.32. The number of hydrogen-bond acceptors (Lipinski definition) is 1. The van der Waals surface area contributed by atoms with E-state index in [2.05, 4.69) is 12.4 Å². The van der Waals surface area contributed by atoms with E-state index in [0.717, 1.165) is 11.0 Å². The number of amides is 1. The topological polar surface area (TPSA) is 29.1 Å². The lowest BCUT2D eigenvalue weighted by molar-refractivity contribution is -0.914. The largest absolute Gasteiger partial charge is 0.345 e. The molecule has 2 fully saturated rings. The normalized spacial score (nSPS) is 43.4. The second-order valence-corrected chi connectivity index (χ2v) is 3.96. The Morgan fingerprint density at radius 3 is 3.27 bits per heavy atom. The van der Waals surface area contributed by atoms with Gasteiger partial charge in [-0.1, -0.05) is 0 Å². The molecule has 62 valence electrons. The summed E-state index contributed by atoms with van der Waals surface area (Å²) in [6.45, 7) is 2.79. The molecule has 1 amide bonds. The van der Waals surface area contributed by atoms with Gasteiger partial charge in [-0.2, -0.15) is 0 Å². The van der Waals surface area contributed by atoms with Crippen molar-refractivity contribution in [1.29, 1.82) is 0 Å². The van der Waals surface area contributed by atoms with Gasteiger partial charge in [-0.05, 0) is 0 Å². The van der Waals surface area contributed by atoms with Crippen molar-refractivity contribution in [3.63, 3.8) is 0 Å². The van der Waals surface area contributed by atoms with E-state index in [1.807, 2.05) is 0 Å². The van der Waals surface area contributed by atoms with Crippen LogP contribution < -0.4 is 5.32 Å². The molecule has 0 bridgehead atoms. The zero-order chi connectivity index (χ0) is 7.90. The van der Waals surface area contributed by atoms with Crippen LogP contribution in [0.25, 0.3) is 0 Å². The monoisotopic (exact) mass is 155 g/mol. The fourth-order valence-electron chi connectivity index (χ4n) is 2.33. The van der Waals surface area contributed by atoms with Crippen LogP contribution in [0.4, 0.5) is 0 Å². The second kappa shape index (κ2) is 2.21. The van der Waals surface area contributed by atoms with Gasteiger partial charge in [0.1, 0.15) is 6.04 Å². The van der Waals surface area contributed by atoms with Gasteiger partial charge in [-0.15, -0.1) is 0 Å². The van der Waals surface area contributed by atoms with Crippen LogP contribution in [0.2, 0.25) is 0 Å². The lowest BCUT2D eigenvalue weighted by atomic mass is 10.1. The average molecular weight is 155 g/mol. The molecule has 0 aromatic heterocycles. The lowest BCUT2D eigenvalue weighted by Crippen LogP contribution is -2.61. The maximum Gasteiger partial charge on any atom is 0.275 e. The number of fused-ring (bicyclic) bond motifs is 1. The van der Waals surface area contributed by atoms with Crippen LogP contribution in [-0.2, 0) is 4.79 Å². The summed E-state index contributed by atoms with van der Waals surface area (Å²) in [5, 5.41) is 2.92. The Kier molecular flexibility index (Phi) is 1.42. The number of rotatable bonds is 0. The molecule has 0 radical (unpaired) electrons. The molecule has 3 nitrogen and oxygen atoms in total. The fraction of sp³-hybridized carbons (Fsp3) is 0.875. The number of piperazine rings is 1. The summed E-state index contributed by atoms with van der Waals surface area (Å²) in [5.74, 6) is 0.227. The number of carbonyl (C=O) groups is 1. The Balaban J connectivity index is 2.16. The minimum absolute atomic E-state index is 0.227. The smallest absolute Gasteiger partial charge is 0.275 e. The van der Waals surface area contributed by atoms with Crippen LogP contribution in [0, 0.1) is 0 Å². The van der Waals surface area contributed by atoms with Crippen molar-refractivity contribution in [2.75, 3.05) is 26.7 Å². The highest BCUT2D eigenvalue weighted by Gasteiger charge is 2.42. The summed E-state index contributed by atoms with van der Waals surface area (Å²) in [6, 6.07) is 0.702. The van der Waals surface area contributed by atoms with Gasteiger partial charge in [0.2, 0.25) is 0 Å². The molecule has 2 aliphatic heterocycles. The number of nitrogens with zero attached hydrogens (tertiary/aromatic N) is 1. The van der Waals surface area contributed by atoms with Gasteiger partial charge < -0.3 is 9.80 Å². The van der Waals surface area contributed by atoms with Crippen molar-refractivity contribution in [2.24, 2.45) is 0 Å². The quantitative estimate of drug-likeness (QED) is 0.479. The molecule has 0 aliphatic carbocycles. The molecule has 1 N–H and O–H groups in total. The van der Waals surface area contributed by atoms with E-state index < -0.39 is 0 Å². The van der Waals surface area contributed by atoms with Gasteiger partial charge in [0, 0.05) is 12.8 Å². The molecule has 2 saturated heterocycles. The van der Waals surface area contributed by atoms with Crippen molar-refractivity contribution >= 4 is 5.91 Å². The molecule has 0 spiro atoms. The van der Waals surface area contributed by atoms with Crippen molar-refractivity contribution in [1.82, 2.24) is 5.32 Å². The summed E-state index contributed by atoms with van der Waals surface area (Å²) in [7, 11) is 2.20. The predicted octanol–water partition coefficient (Wildman–Crippen LogP) is -0.275. The van der Waals surface area contributed by atoms with Crippen LogP contribution >= 0.6 is 0 Å². The molecular weight excluding hydrogens is 140 g/mol. The number of nitrogens with one attached hydrogen (secondary N) is 1. The standard InChI is InChI=1S/C8H14N2O/c1-10-4-2-3-7(10)5-9-8(11)6-10/h7H,2-6H2,1H3/p+1/t7-,10+/m1/s1. The molecular formula is C8H15N2O+. The molecule has 0 saturated carbocycles. The van der Waals surface area contributed by atoms with Gasteiger partial charge >= 0.3 is 0 Å². The SMILES string of the molecule is C[N@@+]12CCC[C@@H]1CNC(=O)C2. The van der Waals surface area contributed by atoms with Crippen LogP contribution in [0.3, 0.4) is 0 Å². The van der Waals surface area contributed by atoms with Crippen LogP contribution in [-0.4, -0.2) is 43.1 Å². The highest BCUT2D eigenvalue weighted by atomic mass is 16.2. The molecule has 2 aliphatic rings. The first-order chi connectivity index (χ1) is 5.21. The summed E-state index contributed by atoms with van der Waals surface area (Å²) in [5.41, 5.74) is 0. The summed E-state index contributed by atoms with van der Waals surface area (Å²) in [4.78, 5) is 11.1. The first kappa shape index (κ1) is 7.10. The van der Waals surface area contributed by atoms with E-state index >= 15 is 0 Å². The van der Waals surface area contributed by atoms with Crippen molar-refractivity contribution < 1.29 is 9.28 Å². The van der Waals surface area contributed by atoms with Gasteiger partial charge in [0.05, 0.1) is 20.1 Å². The molecule has 0 aromatic rings. The van der Waals surface area contributed by atoms with Crippen molar-refractivity contribution in [3.8, 4) is 0 Å². The van der Waals surface area contributed by atoms with Gasteiger partial charge in [-0.25, -0.2) is 0 Å².